The zero-order chi connectivity index (χ0) is 12.3. The number of hydrogen-bond acceptors (Lipinski definition) is 3. The van der Waals surface area contributed by atoms with Crippen molar-refractivity contribution in [1.29, 1.82) is 0 Å². The summed E-state index contributed by atoms with van der Waals surface area (Å²) in [7, 11) is 0. The monoisotopic (exact) mass is 264 g/mol. The summed E-state index contributed by atoms with van der Waals surface area (Å²) in [4.78, 5) is 1.23. The van der Waals surface area contributed by atoms with E-state index in [0.717, 1.165) is 11.4 Å². The van der Waals surface area contributed by atoms with Gasteiger partial charge < -0.3 is 11.1 Å². The van der Waals surface area contributed by atoms with Gasteiger partial charge in [0.1, 0.15) is 0 Å². The Morgan fingerprint density at radius 2 is 1.82 bits per heavy atom. The molecule has 0 heterocycles. The van der Waals surface area contributed by atoms with Crippen LogP contribution in [-0.2, 0) is 0 Å². The van der Waals surface area contributed by atoms with Crippen LogP contribution in [-0.4, -0.2) is 6.26 Å². The van der Waals surface area contributed by atoms with E-state index in [9.17, 15) is 0 Å². The van der Waals surface area contributed by atoms with Crippen molar-refractivity contribution in [2.24, 2.45) is 0 Å². The average Bonchev–Trinajstić information content (AvgIpc) is 2.36. The summed E-state index contributed by atoms with van der Waals surface area (Å²) in [5.41, 5.74) is 8.29. The zero-order valence-electron chi connectivity index (χ0n) is 9.41. The van der Waals surface area contributed by atoms with Crippen molar-refractivity contribution in [3.63, 3.8) is 0 Å². The maximum absolute atomic E-state index is 5.96. The Labute approximate surface area is 110 Å². The van der Waals surface area contributed by atoms with Crippen LogP contribution in [0.25, 0.3) is 0 Å². The molecule has 0 aliphatic heterocycles. The third-order valence-corrected chi connectivity index (χ3v) is 3.50. The number of nitrogens with two attached hydrogens (primary N) is 1. The molecule has 0 bridgehead atoms. The molecule has 2 rings (SSSR count). The molecule has 0 saturated carbocycles. The van der Waals surface area contributed by atoms with Gasteiger partial charge in [-0.05, 0) is 42.7 Å². The summed E-state index contributed by atoms with van der Waals surface area (Å²) in [5, 5.41) is 3.81. The van der Waals surface area contributed by atoms with Crippen molar-refractivity contribution in [3.05, 3.63) is 47.5 Å². The highest BCUT2D eigenvalue weighted by molar-refractivity contribution is 7.98. The number of halogens is 1. The topological polar surface area (TPSA) is 38.0 Å². The van der Waals surface area contributed by atoms with Gasteiger partial charge in [-0.2, -0.15) is 0 Å². The van der Waals surface area contributed by atoms with Gasteiger partial charge in [-0.25, -0.2) is 0 Å². The zero-order valence-corrected chi connectivity index (χ0v) is 11.0. The van der Waals surface area contributed by atoms with Gasteiger partial charge in [0.05, 0.1) is 16.4 Å². The van der Waals surface area contributed by atoms with Crippen molar-refractivity contribution in [1.82, 2.24) is 0 Å². The first-order chi connectivity index (χ1) is 8.20. The van der Waals surface area contributed by atoms with Crippen LogP contribution in [0, 0.1) is 0 Å². The van der Waals surface area contributed by atoms with Crippen LogP contribution >= 0.6 is 23.4 Å². The van der Waals surface area contributed by atoms with E-state index in [-0.39, 0.29) is 0 Å². The predicted molar refractivity (Wildman–Crippen MR) is 77.4 cm³/mol. The molecule has 17 heavy (non-hydrogen) atoms. The molecule has 2 aromatic carbocycles. The van der Waals surface area contributed by atoms with E-state index >= 15 is 0 Å². The van der Waals surface area contributed by atoms with Crippen LogP contribution < -0.4 is 11.1 Å². The summed E-state index contributed by atoms with van der Waals surface area (Å²) < 4.78 is 0. The highest BCUT2D eigenvalue weighted by Crippen LogP contribution is 2.29. The van der Waals surface area contributed by atoms with E-state index in [0.29, 0.717) is 10.7 Å². The maximum Gasteiger partial charge on any atom is 0.0742 e. The normalized spacial score (nSPS) is 10.2. The number of thioether (sulfide) groups is 1. The second-order valence-electron chi connectivity index (χ2n) is 3.55. The minimum atomic E-state index is 0.565. The molecule has 0 unspecified atom stereocenters. The van der Waals surface area contributed by atoms with Crippen LogP contribution in [0.5, 0.6) is 0 Å². The SMILES string of the molecule is CSc1ccc(Nc2cccc(Cl)c2N)cc1. The Morgan fingerprint density at radius 3 is 2.47 bits per heavy atom. The molecular weight excluding hydrogens is 252 g/mol. The van der Waals surface area contributed by atoms with E-state index in [1.165, 1.54) is 4.90 Å². The lowest BCUT2D eigenvalue weighted by molar-refractivity contribution is 1.44. The van der Waals surface area contributed by atoms with Gasteiger partial charge in [-0.1, -0.05) is 17.7 Å². The molecule has 0 radical (unpaired) electrons. The van der Waals surface area contributed by atoms with Crippen molar-refractivity contribution < 1.29 is 0 Å². The Morgan fingerprint density at radius 1 is 1.12 bits per heavy atom. The lowest BCUT2D eigenvalue weighted by Gasteiger charge is -2.10. The summed E-state index contributed by atoms with van der Waals surface area (Å²) in [6, 6.07) is 13.7. The molecule has 0 aromatic heterocycles. The van der Waals surface area contributed by atoms with Crippen LogP contribution in [0.1, 0.15) is 0 Å². The molecule has 4 heteroatoms. The fourth-order valence-electron chi connectivity index (χ4n) is 1.48. The Balaban J connectivity index is 2.22. The van der Waals surface area contributed by atoms with Gasteiger partial charge in [-0.3, -0.25) is 0 Å². The standard InChI is InChI=1S/C13H13ClN2S/c1-17-10-7-5-9(6-8-10)16-12-4-2-3-11(14)13(12)15/h2-8,16H,15H2,1H3. The van der Waals surface area contributed by atoms with Gasteiger partial charge in [0, 0.05) is 10.6 Å². The van der Waals surface area contributed by atoms with Crippen molar-refractivity contribution in [2.75, 3.05) is 17.3 Å². The van der Waals surface area contributed by atoms with Gasteiger partial charge in [0.15, 0.2) is 0 Å². The molecule has 0 aliphatic rings. The molecule has 2 aromatic rings. The summed E-state index contributed by atoms with van der Waals surface area (Å²) in [6.45, 7) is 0. The van der Waals surface area contributed by atoms with Gasteiger partial charge in [0.25, 0.3) is 0 Å². The van der Waals surface area contributed by atoms with Crippen LogP contribution in [0.2, 0.25) is 5.02 Å². The minimum absolute atomic E-state index is 0.565. The highest BCUT2D eigenvalue weighted by Gasteiger charge is 2.02. The number of benzene rings is 2. The van der Waals surface area contributed by atoms with Gasteiger partial charge >= 0.3 is 0 Å². The van der Waals surface area contributed by atoms with E-state index in [4.69, 9.17) is 17.3 Å². The molecule has 0 saturated heterocycles. The first-order valence-corrected chi connectivity index (χ1v) is 6.76. The van der Waals surface area contributed by atoms with E-state index < -0.39 is 0 Å². The molecule has 0 fully saturated rings. The molecule has 0 spiro atoms. The molecule has 88 valence electrons. The predicted octanol–water partition coefficient (Wildman–Crippen LogP) is 4.39. The minimum Gasteiger partial charge on any atom is -0.396 e. The Kier molecular flexibility index (Phi) is 3.82. The van der Waals surface area contributed by atoms with E-state index in [1.807, 2.05) is 24.3 Å². The Hall–Kier alpha value is -1.32. The molecular formula is C13H13ClN2S. The van der Waals surface area contributed by atoms with Crippen LogP contribution in [0.4, 0.5) is 17.1 Å². The maximum atomic E-state index is 5.96. The average molecular weight is 265 g/mol. The summed E-state index contributed by atoms with van der Waals surface area (Å²) in [5.74, 6) is 0. The number of nitrogens with one attached hydrogen (secondary N) is 1. The lowest BCUT2D eigenvalue weighted by atomic mass is 10.2. The molecule has 0 amide bonds. The van der Waals surface area contributed by atoms with Gasteiger partial charge in [0.2, 0.25) is 0 Å². The summed E-state index contributed by atoms with van der Waals surface area (Å²) in [6.07, 6.45) is 2.05. The molecule has 0 atom stereocenters. The molecule has 2 nitrogen and oxygen atoms in total. The van der Waals surface area contributed by atoms with E-state index in [2.05, 4.69) is 23.7 Å². The number of anilines is 3. The van der Waals surface area contributed by atoms with Crippen molar-refractivity contribution in [3.8, 4) is 0 Å². The number of hydrogen-bond donors (Lipinski definition) is 2. The first kappa shape index (κ1) is 12.1. The fraction of sp³-hybridized carbons (Fsp3) is 0.0769. The van der Waals surface area contributed by atoms with Crippen LogP contribution in [0.15, 0.2) is 47.4 Å². The van der Waals surface area contributed by atoms with E-state index in [1.54, 1.807) is 17.8 Å². The summed E-state index contributed by atoms with van der Waals surface area (Å²) >= 11 is 7.68. The second kappa shape index (κ2) is 5.34. The lowest BCUT2D eigenvalue weighted by Crippen LogP contribution is -1.96. The smallest absolute Gasteiger partial charge is 0.0742 e. The largest absolute Gasteiger partial charge is 0.396 e. The Bertz CT molecular complexity index is 511. The third-order valence-electron chi connectivity index (χ3n) is 2.42. The number of rotatable bonds is 3. The fourth-order valence-corrected chi connectivity index (χ4v) is 2.06. The first-order valence-electron chi connectivity index (χ1n) is 5.16. The quantitative estimate of drug-likeness (QED) is 0.638. The highest BCUT2D eigenvalue weighted by atomic mass is 35.5. The molecule has 0 aliphatic carbocycles. The number of nitrogen functional groups attached to an aromatic ring is 1. The number of para-hydroxylation sites is 1. The molecule has 3 N–H and O–H groups in total. The van der Waals surface area contributed by atoms with Crippen molar-refractivity contribution in [2.45, 2.75) is 4.90 Å². The van der Waals surface area contributed by atoms with Crippen LogP contribution in [0.3, 0.4) is 0 Å². The van der Waals surface area contributed by atoms with Crippen molar-refractivity contribution >= 4 is 40.4 Å². The van der Waals surface area contributed by atoms with Gasteiger partial charge in [-0.15, -0.1) is 11.8 Å². The second-order valence-corrected chi connectivity index (χ2v) is 4.84. The third kappa shape index (κ3) is 2.87.